The van der Waals surface area contributed by atoms with E-state index in [9.17, 15) is 4.79 Å². The normalized spacial score (nSPS) is 18.7. The molecule has 2 aliphatic rings. The molecule has 3 aromatic rings. The van der Waals surface area contributed by atoms with Crippen LogP contribution >= 0.6 is 11.8 Å². The summed E-state index contributed by atoms with van der Waals surface area (Å²) in [5.41, 5.74) is 2.45. The molecule has 1 aliphatic carbocycles. The summed E-state index contributed by atoms with van der Waals surface area (Å²) in [6.07, 6.45) is 6.28. The number of hydrogen-bond acceptors (Lipinski definition) is 6. The highest BCUT2D eigenvalue weighted by atomic mass is 32.2. The van der Waals surface area contributed by atoms with Crippen molar-refractivity contribution in [2.24, 2.45) is 0 Å². The largest absolute Gasteiger partial charge is 0.497 e. The summed E-state index contributed by atoms with van der Waals surface area (Å²) in [6.45, 7) is 3.51. The van der Waals surface area contributed by atoms with E-state index in [2.05, 4.69) is 38.8 Å². The lowest BCUT2D eigenvalue weighted by atomic mass is 9.89. The number of amides is 1. The molecule has 1 saturated carbocycles. The first kappa shape index (κ1) is 19.4. The van der Waals surface area contributed by atoms with Crippen molar-refractivity contribution < 1.29 is 9.53 Å². The molecule has 1 N–H and O–H groups in total. The number of fused-ring (bicyclic) bond motifs is 1. The number of benzene rings is 1. The Kier molecular flexibility index (Phi) is 5.14. The van der Waals surface area contributed by atoms with E-state index in [0.717, 1.165) is 55.2 Å². The van der Waals surface area contributed by atoms with Gasteiger partial charge in [0.1, 0.15) is 5.75 Å². The number of nitrogens with zero attached hydrogens (tertiary/aromatic N) is 5. The molecular weight excluding hydrogens is 400 g/mol. The molecule has 1 saturated heterocycles. The van der Waals surface area contributed by atoms with Crippen molar-refractivity contribution in [2.75, 3.05) is 20.2 Å². The molecule has 0 bridgehead atoms. The summed E-state index contributed by atoms with van der Waals surface area (Å²) in [7, 11) is 1.69. The van der Waals surface area contributed by atoms with Crippen molar-refractivity contribution >= 4 is 28.6 Å². The number of piperidine rings is 1. The summed E-state index contributed by atoms with van der Waals surface area (Å²) in [5.74, 6) is 1.49. The van der Waals surface area contributed by atoms with Gasteiger partial charge in [-0.2, -0.15) is 0 Å². The molecule has 1 amide bonds. The first-order chi connectivity index (χ1) is 14.6. The number of likely N-dealkylation sites (tertiary alicyclic amines) is 1. The minimum atomic E-state index is -0.192. The van der Waals surface area contributed by atoms with E-state index < -0.39 is 0 Å². The lowest BCUT2D eigenvalue weighted by molar-refractivity contribution is -0.131. The van der Waals surface area contributed by atoms with Gasteiger partial charge in [-0.15, -0.1) is 5.10 Å². The third kappa shape index (κ3) is 3.66. The average molecular weight is 427 g/mol. The molecule has 2 fully saturated rings. The van der Waals surface area contributed by atoms with Gasteiger partial charge in [-0.1, -0.05) is 11.8 Å². The van der Waals surface area contributed by atoms with E-state index in [-0.39, 0.29) is 11.2 Å². The maximum absolute atomic E-state index is 13.0. The van der Waals surface area contributed by atoms with E-state index in [0.29, 0.717) is 12.0 Å². The van der Waals surface area contributed by atoms with E-state index in [4.69, 9.17) is 4.74 Å². The number of aromatic amines is 1. The Bertz CT molecular complexity index is 1050. The van der Waals surface area contributed by atoms with Crippen LogP contribution in [0.4, 0.5) is 0 Å². The summed E-state index contributed by atoms with van der Waals surface area (Å²) in [6, 6.07) is 6.55. The Morgan fingerprint density at radius 2 is 2.07 bits per heavy atom. The highest BCUT2D eigenvalue weighted by molar-refractivity contribution is 8.00. The Hall–Kier alpha value is -2.55. The predicted octanol–water partition coefficient (Wildman–Crippen LogP) is 3.38. The fourth-order valence-corrected chi connectivity index (χ4v) is 5.22. The van der Waals surface area contributed by atoms with Gasteiger partial charge in [0.2, 0.25) is 11.1 Å². The third-order valence-corrected chi connectivity index (χ3v) is 7.19. The second-order valence-corrected chi connectivity index (χ2v) is 9.46. The molecule has 0 spiro atoms. The molecule has 1 unspecified atom stereocenters. The summed E-state index contributed by atoms with van der Waals surface area (Å²) >= 11 is 1.47. The molecule has 158 valence electrons. The number of carbonyl (C=O) groups is 1. The number of rotatable bonds is 6. The standard InChI is InChI=1S/C21H26N6O2S/c1-13(30-21-23-24-25-27(21)15-3-4-15)20(28)26-9-7-14(8-10-26)18-12-22-19-6-5-16(29-2)11-17(18)19/h5-6,11-15,22H,3-4,7-10H2,1-2H3. The van der Waals surface area contributed by atoms with E-state index in [1.165, 1.54) is 22.7 Å². The third-order valence-electron chi connectivity index (χ3n) is 6.15. The van der Waals surface area contributed by atoms with Crippen molar-refractivity contribution in [1.82, 2.24) is 30.1 Å². The zero-order valence-electron chi connectivity index (χ0n) is 17.2. The molecule has 1 aromatic carbocycles. The molecule has 5 rings (SSSR count). The molecule has 3 heterocycles. The Labute approximate surface area is 179 Å². The minimum absolute atomic E-state index is 0.171. The highest BCUT2D eigenvalue weighted by Gasteiger charge is 2.32. The number of tetrazole rings is 1. The van der Waals surface area contributed by atoms with E-state index in [1.54, 1.807) is 7.11 Å². The van der Waals surface area contributed by atoms with Gasteiger partial charge in [-0.05, 0) is 72.7 Å². The molecule has 2 aromatic heterocycles. The van der Waals surface area contributed by atoms with Crippen molar-refractivity contribution in [3.05, 3.63) is 30.0 Å². The van der Waals surface area contributed by atoms with Crippen molar-refractivity contribution in [3.8, 4) is 5.75 Å². The Morgan fingerprint density at radius 1 is 1.27 bits per heavy atom. The van der Waals surface area contributed by atoms with Gasteiger partial charge in [0.05, 0.1) is 18.4 Å². The number of thioether (sulfide) groups is 1. The van der Waals surface area contributed by atoms with E-state index >= 15 is 0 Å². The first-order valence-electron chi connectivity index (χ1n) is 10.5. The molecule has 1 aliphatic heterocycles. The van der Waals surface area contributed by atoms with Gasteiger partial charge in [0.25, 0.3) is 0 Å². The van der Waals surface area contributed by atoms with Crippen LogP contribution in [-0.2, 0) is 4.79 Å². The van der Waals surface area contributed by atoms with Crippen LogP contribution in [0, 0.1) is 0 Å². The minimum Gasteiger partial charge on any atom is -0.497 e. The lowest BCUT2D eigenvalue weighted by Gasteiger charge is -2.33. The zero-order chi connectivity index (χ0) is 20.7. The predicted molar refractivity (Wildman–Crippen MR) is 115 cm³/mol. The van der Waals surface area contributed by atoms with Gasteiger partial charge in [0.15, 0.2) is 0 Å². The number of aromatic nitrogens is 5. The smallest absolute Gasteiger partial charge is 0.235 e. The summed E-state index contributed by atoms with van der Waals surface area (Å²) in [4.78, 5) is 18.4. The number of hydrogen-bond donors (Lipinski definition) is 1. The van der Waals surface area contributed by atoms with Crippen LogP contribution in [0.15, 0.2) is 29.6 Å². The van der Waals surface area contributed by atoms with Gasteiger partial charge in [0, 0.05) is 30.2 Å². The van der Waals surface area contributed by atoms with Crippen LogP contribution in [0.5, 0.6) is 5.75 Å². The fourth-order valence-electron chi connectivity index (χ4n) is 4.27. The number of carbonyl (C=O) groups excluding carboxylic acids is 1. The number of H-pyrrole nitrogens is 1. The molecule has 9 heteroatoms. The first-order valence-corrected chi connectivity index (χ1v) is 11.4. The molecule has 30 heavy (non-hydrogen) atoms. The molecular formula is C21H26N6O2S. The van der Waals surface area contributed by atoms with Crippen molar-refractivity contribution in [3.63, 3.8) is 0 Å². The maximum atomic E-state index is 13.0. The monoisotopic (exact) mass is 426 g/mol. The molecule has 0 radical (unpaired) electrons. The van der Waals surface area contributed by atoms with Gasteiger partial charge >= 0.3 is 0 Å². The number of methoxy groups -OCH3 is 1. The van der Waals surface area contributed by atoms with Gasteiger partial charge in [-0.25, -0.2) is 4.68 Å². The number of ether oxygens (including phenoxy) is 1. The van der Waals surface area contributed by atoms with Gasteiger partial charge < -0.3 is 14.6 Å². The zero-order valence-corrected chi connectivity index (χ0v) is 18.1. The molecule has 8 nitrogen and oxygen atoms in total. The average Bonchev–Trinajstić information content (AvgIpc) is 3.37. The van der Waals surface area contributed by atoms with Crippen LogP contribution < -0.4 is 4.74 Å². The van der Waals surface area contributed by atoms with Crippen molar-refractivity contribution in [2.45, 2.75) is 55.0 Å². The van der Waals surface area contributed by atoms with Crippen LogP contribution in [0.25, 0.3) is 10.9 Å². The van der Waals surface area contributed by atoms with Gasteiger partial charge in [-0.3, -0.25) is 4.79 Å². The second kappa shape index (κ2) is 7.94. The van der Waals surface area contributed by atoms with E-state index in [1.807, 2.05) is 22.6 Å². The van der Waals surface area contributed by atoms with Crippen LogP contribution in [-0.4, -0.2) is 61.4 Å². The van der Waals surface area contributed by atoms with Crippen LogP contribution in [0.2, 0.25) is 0 Å². The molecule has 1 atom stereocenters. The topological polar surface area (TPSA) is 88.9 Å². The fraction of sp³-hybridized carbons (Fsp3) is 0.524. The maximum Gasteiger partial charge on any atom is 0.235 e. The SMILES string of the molecule is COc1ccc2[nH]cc(C3CCN(C(=O)C(C)Sc4nnnn4C4CC4)CC3)c2c1. The summed E-state index contributed by atoms with van der Waals surface area (Å²) in [5, 5.41) is 13.8. The van der Waals surface area contributed by atoms with Crippen molar-refractivity contribution in [1.29, 1.82) is 0 Å². The highest BCUT2D eigenvalue weighted by Crippen LogP contribution is 2.38. The Balaban J connectivity index is 1.22. The summed E-state index contributed by atoms with van der Waals surface area (Å²) < 4.78 is 7.26. The Morgan fingerprint density at radius 3 is 2.80 bits per heavy atom. The van der Waals surface area contributed by atoms with Crippen LogP contribution in [0.1, 0.15) is 50.1 Å². The van der Waals surface area contributed by atoms with Crippen LogP contribution in [0.3, 0.4) is 0 Å². The number of nitrogens with one attached hydrogen (secondary N) is 1. The lowest BCUT2D eigenvalue weighted by Crippen LogP contribution is -2.41. The quantitative estimate of drug-likeness (QED) is 0.608. The second-order valence-electron chi connectivity index (χ2n) is 8.15.